The molecule has 9 atom stereocenters. The van der Waals surface area contributed by atoms with Crippen molar-refractivity contribution >= 4 is 0 Å². The summed E-state index contributed by atoms with van der Waals surface area (Å²) in [5.41, 5.74) is 0. The second-order valence-electron chi connectivity index (χ2n) is 7.83. The lowest BCUT2D eigenvalue weighted by atomic mass is 9.72. The molecule has 1 aliphatic heterocycles. The lowest BCUT2D eigenvalue weighted by molar-refractivity contribution is -0.221. The Balaban J connectivity index is 1.67. The molecular formula is C19H34O6. The molecule has 3 aliphatic rings. The fourth-order valence-corrected chi connectivity index (χ4v) is 5.21. The van der Waals surface area contributed by atoms with E-state index in [0.717, 1.165) is 38.5 Å². The van der Waals surface area contributed by atoms with E-state index in [1.165, 1.54) is 0 Å². The Bertz CT molecular complexity index is 419. The number of aliphatic hydroxyl groups excluding tert-OH is 1. The zero-order valence-corrected chi connectivity index (χ0v) is 15.9. The molecule has 1 saturated heterocycles. The van der Waals surface area contributed by atoms with Gasteiger partial charge in [0.2, 0.25) is 0 Å². The zero-order valence-electron chi connectivity index (χ0n) is 15.9. The molecule has 0 amide bonds. The molecule has 7 unspecified atom stereocenters. The van der Waals surface area contributed by atoms with Gasteiger partial charge in [-0.25, -0.2) is 0 Å². The molecular weight excluding hydrogens is 324 g/mol. The Labute approximate surface area is 151 Å². The summed E-state index contributed by atoms with van der Waals surface area (Å²) in [6, 6.07) is 0. The monoisotopic (exact) mass is 358 g/mol. The molecule has 0 radical (unpaired) electrons. The molecule has 6 heteroatoms. The van der Waals surface area contributed by atoms with E-state index in [0.29, 0.717) is 5.92 Å². The number of hydrogen-bond acceptors (Lipinski definition) is 6. The SMILES string of the molecule is COC1CC(OC)C2C[C@H](O)[C@@H](C3CCC(OC)C(OC)C3)OC2C1. The van der Waals surface area contributed by atoms with Crippen molar-refractivity contribution in [2.45, 2.75) is 81.3 Å². The van der Waals surface area contributed by atoms with E-state index in [4.69, 9.17) is 23.7 Å². The summed E-state index contributed by atoms with van der Waals surface area (Å²) >= 11 is 0. The molecule has 0 aromatic rings. The summed E-state index contributed by atoms with van der Waals surface area (Å²) in [5.74, 6) is 0.549. The summed E-state index contributed by atoms with van der Waals surface area (Å²) < 4.78 is 28.9. The zero-order chi connectivity index (χ0) is 18.0. The molecule has 0 aromatic carbocycles. The van der Waals surface area contributed by atoms with Crippen molar-refractivity contribution in [3.63, 3.8) is 0 Å². The standard InChI is InChI=1S/C19H34O6/c1-21-12-8-16(23-3)13-10-14(20)19(25-17(13)9-12)11-5-6-15(22-2)18(7-11)24-4/h11-20H,5-10H2,1-4H3/t11?,12?,13?,14-,15?,16?,17?,18?,19+/m0/s1. The van der Waals surface area contributed by atoms with Crippen LogP contribution < -0.4 is 0 Å². The van der Waals surface area contributed by atoms with Crippen LogP contribution in [0, 0.1) is 11.8 Å². The molecule has 0 spiro atoms. The summed E-state index contributed by atoms with van der Waals surface area (Å²) in [7, 11) is 6.97. The van der Waals surface area contributed by atoms with E-state index in [1.54, 1.807) is 28.4 Å². The average Bonchev–Trinajstić information content (AvgIpc) is 2.66. The first kappa shape index (κ1) is 19.5. The predicted molar refractivity (Wildman–Crippen MR) is 92.5 cm³/mol. The first-order chi connectivity index (χ1) is 12.1. The van der Waals surface area contributed by atoms with Crippen LogP contribution in [0.4, 0.5) is 0 Å². The number of methoxy groups -OCH3 is 4. The van der Waals surface area contributed by atoms with Gasteiger partial charge < -0.3 is 28.8 Å². The van der Waals surface area contributed by atoms with Gasteiger partial charge in [-0.3, -0.25) is 0 Å². The molecule has 1 N–H and O–H groups in total. The third kappa shape index (κ3) is 4.04. The maximum atomic E-state index is 10.8. The minimum atomic E-state index is -0.445. The van der Waals surface area contributed by atoms with Crippen LogP contribution in [0.3, 0.4) is 0 Å². The van der Waals surface area contributed by atoms with Gasteiger partial charge in [-0.2, -0.15) is 0 Å². The van der Waals surface area contributed by atoms with E-state index in [1.807, 2.05) is 0 Å². The van der Waals surface area contributed by atoms with Crippen LogP contribution in [0.1, 0.15) is 38.5 Å². The van der Waals surface area contributed by atoms with E-state index in [9.17, 15) is 5.11 Å². The first-order valence-electron chi connectivity index (χ1n) is 9.55. The van der Waals surface area contributed by atoms with Crippen molar-refractivity contribution in [2.24, 2.45) is 11.8 Å². The third-order valence-corrected chi connectivity index (χ3v) is 6.65. The van der Waals surface area contributed by atoms with Gasteiger partial charge >= 0.3 is 0 Å². The van der Waals surface area contributed by atoms with Crippen molar-refractivity contribution in [1.29, 1.82) is 0 Å². The number of ether oxygens (including phenoxy) is 5. The molecule has 2 saturated carbocycles. The fourth-order valence-electron chi connectivity index (χ4n) is 5.21. The Kier molecular flexibility index (Phi) is 6.74. The van der Waals surface area contributed by atoms with E-state index >= 15 is 0 Å². The fraction of sp³-hybridized carbons (Fsp3) is 1.00. The van der Waals surface area contributed by atoms with Gasteiger partial charge in [0.25, 0.3) is 0 Å². The molecule has 1 heterocycles. The van der Waals surface area contributed by atoms with E-state index in [2.05, 4.69) is 0 Å². The normalized spacial score (nSPS) is 48.1. The van der Waals surface area contributed by atoms with Gasteiger partial charge in [0.1, 0.15) is 0 Å². The number of fused-ring (bicyclic) bond motifs is 1. The van der Waals surface area contributed by atoms with Crippen LogP contribution >= 0.6 is 0 Å². The summed E-state index contributed by atoms with van der Waals surface area (Å²) in [6.07, 6.45) is 5.30. The van der Waals surface area contributed by atoms with Crippen LogP contribution in [-0.4, -0.2) is 76.3 Å². The number of rotatable bonds is 5. The molecule has 3 fully saturated rings. The number of hydrogen-bond donors (Lipinski definition) is 1. The van der Waals surface area contributed by atoms with Gasteiger partial charge in [0, 0.05) is 47.2 Å². The quantitative estimate of drug-likeness (QED) is 0.808. The van der Waals surface area contributed by atoms with Crippen LogP contribution in [0.5, 0.6) is 0 Å². The second-order valence-corrected chi connectivity index (χ2v) is 7.83. The topological polar surface area (TPSA) is 66.4 Å². The van der Waals surface area contributed by atoms with Crippen molar-refractivity contribution in [1.82, 2.24) is 0 Å². The maximum Gasteiger partial charge on any atom is 0.0867 e. The Morgan fingerprint density at radius 3 is 2.12 bits per heavy atom. The maximum absolute atomic E-state index is 10.8. The number of aliphatic hydroxyl groups is 1. The van der Waals surface area contributed by atoms with Gasteiger partial charge in [-0.15, -0.1) is 0 Å². The van der Waals surface area contributed by atoms with Crippen molar-refractivity contribution in [3.8, 4) is 0 Å². The van der Waals surface area contributed by atoms with E-state index < -0.39 is 6.10 Å². The molecule has 2 aliphatic carbocycles. The highest BCUT2D eigenvalue weighted by molar-refractivity contribution is 4.98. The summed E-state index contributed by atoms with van der Waals surface area (Å²) in [4.78, 5) is 0. The van der Waals surface area contributed by atoms with Crippen LogP contribution in [-0.2, 0) is 23.7 Å². The van der Waals surface area contributed by atoms with Gasteiger partial charge in [-0.05, 0) is 31.6 Å². The highest BCUT2D eigenvalue weighted by Crippen LogP contribution is 2.43. The second kappa shape index (κ2) is 8.63. The Morgan fingerprint density at radius 2 is 1.48 bits per heavy atom. The van der Waals surface area contributed by atoms with Crippen LogP contribution in [0.25, 0.3) is 0 Å². The van der Waals surface area contributed by atoms with Gasteiger partial charge in [0.05, 0.1) is 42.7 Å². The van der Waals surface area contributed by atoms with Crippen LogP contribution in [0.15, 0.2) is 0 Å². The molecule has 0 bridgehead atoms. The summed E-state index contributed by atoms with van der Waals surface area (Å²) in [5, 5.41) is 10.8. The van der Waals surface area contributed by atoms with Gasteiger partial charge in [-0.1, -0.05) is 0 Å². The summed E-state index contributed by atoms with van der Waals surface area (Å²) in [6.45, 7) is 0. The third-order valence-electron chi connectivity index (χ3n) is 6.65. The average molecular weight is 358 g/mol. The minimum Gasteiger partial charge on any atom is -0.390 e. The molecule has 25 heavy (non-hydrogen) atoms. The predicted octanol–water partition coefficient (Wildman–Crippen LogP) is 1.77. The highest BCUT2D eigenvalue weighted by Gasteiger charge is 2.48. The Morgan fingerprint density at radius 1 is 0.760 bits per heavy atom. The van der Waals surface area contributed by atoms with Crippen molar-refractivity contribution in [2.75, 3.05) is 28.4 Å². The molecule has 0 aromatic heterocycles. The largest absolute Gasteiger partial charge is 0.390 e. The van der Waals surface area contributed by atoms with Crippen LogP contribution in [0.2, 0.25) is 0 Å². The molecule has 3 rings (SSSR count). The van der Waals surface area contributed by atoms with E-state index in [-0.39, 0.29) is 42.5 Å². The molecule has 6 nitrogen and oxygen atoms in total. The van der Waals surface area contributed by atoms with Crippen molar-refractivity contribution in [3.05, 3.63) is 0 Å². The first-order valence-corrected chi connectivity index (χ1v) is 9.55. The highest BCUT2D eigenvalue weighted by atomic mass is 16.5. The lowest BCUT2D eigenvalue weighted by Crippen LogP contribution is -2.56. The van der Waals surface area contributed by atoms with Gasteiger partial charge in [0.15, 0.2) is 0 Å². The smallest absolute Gasteiger partial charge is 0.0867 e. The Hall–Kier alpha value is -0.240. The lowest BCUT2D eigenvalue weighted by Gasteiger charge is -2.50. The molecule has 146 valence electrons. The minimum absolute atomic E-state index is 0.0714. The van der Waals surface area contributed by atoms with Crippen molar-refractivity contribution < 1.29 is 28.8 Å².